The van der Waals surface area contributed by atoms with Crippen LogP contribution in [0.5, 0.6) is 0 Å². The molecule has 0 radical (unpaired) electrons. The average molecular weight is 266 g/mol. The van der Waals surface area contributed by atoms with Crippen LogP contribution >= 0.6 is 11.8 Å². The van der Waals surface area contributed by atoms with Gasteiger partial charge in [0.2, 0.25) is 0 Å². The molecule has 1 amide bonds. The third kappa shape index (κ3) is 2.38. The number of carbonyl (C=O) groups excluding carboxylic acids is 1. The number of primary amides is 1. The van der Waals surface area contributed by atoms with Gasteiger partial charge < -0.3 is 16.4 Å². The molecule has 18 heavy (non-hydrogen) atoms. The van der Waals surface area contributed by atoms with E-state index in [9.17, 15) is 4.79 Å². The van der Waals surface area contributed by atoms with Crippen LogP contribution < -0.4 is 16.4 Å². The molecule has 1 fully saturated rings. The quantitative estimate of drug-likeness (QED) is 0.837. The number of hydrogen-bond acceptors (Lipinski definition) is 5. The first-order valence-electron chi connectivity index (χ1n) is 5.94. The van der Waals surface area contributed by atoms with Crippen molar-refractivity contribution in [2.24, 2.45) is 5.73 Å². The summed E-state index contributed by atoms with van der Waals surface area (Å²) in [6, 6.07) is 1.92. The van der Waals surface area contributed by atoms with Crippen LogP contribution in [0.15, 0.2) is 12.3 Å². The molecule has 1 saturated heterocycles. The summed E-state index contributed by atoms with van der Waals surface area (Å²) in [4.78, 5) is 17.9. The van der Waals surface area contributed by atoms with Crippen LogP contribution in [-0.2, 0) is 0 Å². The molecular formula is C12H18N4OS. The molecule has 2 unspecified atom stereocenters. The number of carbonyl (C=O) groups is 1. The lowest BCUT2D eigenvalue weighted by Crippen LogP contribution is -2.46. The minimum atomic E-state index is -0.483. The molecule has 1 aliphatic heterocycles. The Hall–Kier alpha value is -1.43. The third-order valence-corrected chi connectivity index (χ3v) is 4.65. The van der Waals surface area contributed by atoms with E-state index < -0.39 is 5.91 Å². The number of thioether (sulfide) groups is 1. The van der Waals surface area contributed by atoms with E-state index in [-0.39, 0.29) is 0 Å². The van der Waals surface area contributed by atoms with Gasteiger partial charge in [0.15, 0.2) is 0 Å². The number of aromatic nitrogens is 1. The highest BCUT2D eigenvalue weighted by Crippen LogP contribution is 2.30. The van der Waals surface area contributed by atoms with Gasteiger partial charge in [0.05, 0.1) is 17.4 Å². The van der Waals surface area contributed by atoms with Crippen LogP contribution in [0.4, 0.5) is 11.5 Å². The van der Waals surface area contributed by atoms with E-state index in [1.165, 1.54) is 0 Å². The number of hydrogen-bond donors (Lipinski definition) is 2. The zero-order valence-corrected chi connectivity index (χ0v) is 11.4. The molecule has 0 aromatic carbocycles. The zero-order chi connectivity index (χ0) is 13.3. The summed E-state index contributed by atoms with van der Waals surface area (Å²) >= 11 is 1.93. The molecule has 98 valence electrons. The number of nitrogen functional groups attached to an aromatic ring is 1. The SMILES string of the molecule is CC1SCCN(c2ncc(N)cc2C(N)=O)C1C. The molecule has 5 nitrogen and oxygen atoms in total. The Balaban J connectivity index is 2.40. The Morgan fingerprint density at radius 2 is 2.28 bits per heavy atom. The number of rotatable bonds is 2. The van der Waals surface area contributed by atoms with Gasteiger partial charge in [-0.3, -0.25) is 4.79 Å². The molecule has 0 spiro atoms. The predicted molar refractivity (Wildman–Crippen MR) is 75.9 cm³/mol. The van der Waals surface area contributed by atoms with Crippen molar-refractivity contribution in [1.29, 1.82) is 0 Å². The van der Waals surface area contributed by atoms with Crippen LogP contribution in [0.1, 0.15) is 24.2 Å². The van der Waals surface area contributed by atoms with E-state index >= 15 is 0 Å². The van der Waals surface area contributed by atoms with Gasteiger partial charge in [-0.05, 0) is 13.0 Å². The Bertz CT molecular complexity index is 465. The van der Waals surface area contributed by atoms with E-state index in [0.29, 0.717) is 28.4 Å². The largest absolute Gasteiger partial charge is 0.397 e. The van der Waals surface area contributed by atoms with E-state index in [1.54, 1.807) is 12.3 Å². The van der Waals surface area contributed by atoms with Crippen molar-refractivity contribution in [3.8, 4) is 0 Å². The second kappa shape index (κ2) is 5.06. The van der Waals surface area contributed by atoms with Crippen molar-refractivity contribution in [3.05, 3.63) is 17.8 Å². The minimum Gasteiger partial charge on any atom is -0.397 e. The lowest BCUT2D eigenvalue weighted by molar-refractivity contribution is 0.100. The first-order valence-corrected chi connectivity index (χ1v) is 6.99. The number of pyridine rings is 1. The highest BCUT2D eigenvalue weighted by molar-refractivity contribution is 8.00. The van der Waals surface area contributed by atoms with Crippen molar-refractivity contribution < 1.29 is 4.79 Å². The third-order valence-electron chi connectivity index (χ3n) is 3.31. The second-order valence-corrected chi connectivity index (χ2v) is 6.00. The summed E-state index contributed by atoms with van der Waals surface area (Å²) in [5, 5.41) is 0.499. The number of amides is 1. The first kappa shape index (κ1) is 13.0. The predicted octanol–water partition coefficient (Wildman–Crippen LogP) is 1.09. The summed E-state index contributed by atoms with van der Waals surface area (Å²) in [6.07, 6.45) is 1.57. The topological polar surface area (TPSA) is 85.2 Å². The van der Waals surface area contributed by atoms with Crippen LogP contribution in [0.25, 0.3) is 0 Å². The molecule has 6 heteroatoms. The zero-order valence-electron chi connectivity index (χ0n) is 10.6. The van der Waals surface area contributed by atoms with Gasteiger partial charge in [-0.2, -0.15) is 11.8 Å². The first-order chi connectivity index (χ1) is 8.50. The fraction of sp³-hybridized carbons (Fsp3) is 0.500. The van der Waals surface area contributed by atoms with Crippen LogP contribution in [0, 0.1) is 0 Å². The second-order valence-electron chi connectivity index (χ2n) is 4.51. The monoisotopic (exact) mass is 266 g/mol. The number of nitrogens with zero attached hydrogens (tertiary/aromatic N) is 2. The average Bonchev–Trinajstić information content (AvgIpc) is 2.33. The summed E-state index contributed by atoms with van der Waals surface area (Å²) in [6.45, 7) is 5.19. The maximum Gasteiger partial charge on any atom is 0.252 e. The van der Waals surface area contributed by atoms with Crippen molar-refractivity contribution in [3.63, 3.8) is 0 Å². The maximum absolute atomic E-state index is 11.5. The van der Waals surface area contributed by atoms with Gasteiger partial charge in [-0.1, -0.05) is 6.92 Å². The molecule has 2 atom stereocenters. The van der Waals surface area contributed by atoms with Crippen LogP contribution in [0.2, 0.25) is 0 Å². The minimum absolute atomic E-state index is 0.318. The molecule has 1 aliphatic rings. The molecule has 0 bridgehead atoms. The fourth-order valence-corrected chi connectivity index (χ4v) is 3.22. The summed E-state index contributed by atoms with van der Waals surface area (Å²) < 4.78 is 0. The molecule has 0 aliphatic carbocycles. The van der Waals surface area contributed by atoms with Gasteiger partial charge >= 0.3 is 0 Å². The fourth-order valence-electron chi connectivity index (χ4n) is 2.12. The standard InChI is InChI=1S/C12H18N4OS/c1-7-8(2)18-4-3-16(7)12-10(11(14)17)5-9(13)6-15-12/h5-8H,3-4,13H2,1-2H3,(H2,14,17). The summed E-state index contributed by atoms with van der Waals surface area (Å²) in [7, 11) is 0. The Morgan fingerprint density at radius 1 is 1.56 bits per heavy atom. The molecule has 4 N–H and O–H groups in total. The number of anilines is 2. The van der Waals surface area contributed by atoms with E-state index in [4.69, 9.17) is 11.5 Å². The van der Waals surface area contributed by atoms with Crippen LogP contribution in [0.3, 0.4) is 0 Å². The van der Waals surface area contributed by atoms with Gasteiger partial charge in [-0.25, -0.2) is 4.98 Å². The highest BCUT2D eigenvalue weighted by Gasteiger charge is 2.28. The van der Waals surface area contributed by atoms with Gasteiger partial charge in [0.25, 0.3) is 5.91 Å². The lowest BCUT2D eigenvalue weighted by Gasteiger charge is -2.39. The molecule has 0 saturated carbocycles. The molecule has 2 rings (SSSR count). The van der Waals surface area contributed by atoms with Crippen molar-refractivity contribution in [2.75, 3.05) is 22.9 Å². The van der Waals surface area contributed by atoms with Crippen molar-refractivity contribution in [2.45, 2.75) is 25.1 Å². The number of nitrogens with two attached hydrogens (primary N) is 2. The van der Waals surface area contributed by atoms with Gasteiger partial charge in [0.1, 0.15) is 5.82 Å². The molecule has 2 heterocycles. The van der Waals surface area contributed by atoms with Crippen molar-refractivity contribution >= 4 is 29.2 Å². The normalized spacial score (nSPS) is 24.0. The van der Waals surface area contributed by atoms with Crippen molar-refractivity contribution in [1.82, 2.24) is 4.98 Å². The lowest BCUT2D eigenvalue weighted by atomic mass is 10.1. The van der Waals surface area contributed by atoms with E-state index in [0.717, 1.165) is 12.3 Å². The summed E-state index contributed by atoms with van der Waals surface area (Å²) in [5.41, 5.74) is 11.9. The van der Waals surface area contributed by atoms with Gasteiger partial charge in [0, 0.05) is 23.6 Å². The Morgan fingerprint density at radius 3 is 2.94 bits per heavy atom. The van der Waals surface area contributed by atoms with E-state index in [1.807, 2.05) is 11.8 Å². The Labute approximate surface area is 111 Å². The van der Waals surface area contributed by atoms with Gasteiger partial charge in [-0.15, -0.1) is 0 Å². The molecule has 1 aromatic rings. The maximum atomic E-state index is 11.5. The van der Waals surface area contributed by atoms with Crippen LogP contribution in [-0.4, -0.2) is 34.5 Å². The smallest absolute Gasteiger partial charge is 0.252 e. The van der Waals surface area contributed by atoms with E-state index in [2.05, 4.69) is 23.7 Å². The molecular weight excluding hydrogens is 248 g/mol. The summed E-state index contributed by atoms with van der Waals surface area (Å²) in [5.74, 6) is 1.19. The Kier molecular flexibility index (Phi) is 3.65. The highest BCUT2D eigenvalue weighted by atomic mass is 32.2. The molecule has 1 aromatic heterocycles.